The van der Waals surface area contributed by atoms with Crippen LogP contribution in [0.3, 0.4) is 0 Å². The Hall–Kier alpha value is -1.31. The van der Waals surface area contributed by atoms with Gasteiger partial charge in [-0.3, -0.25) is 0 Å². The number of pyridine rings is 1. The van der Waals surface area contributed by atoms with Gasteiger partial charge in [-0.05, 0) is 6.07 Å². The van der Waals surface area contributed by atoms with E-state index >= 15 is 0 Å². The van der Waals surface area contributed by atoms with Crippen LogP contribution < -0.4 is 5.73 Å². The van der Waals surface area contributed by atoms with Gasteiger partial charge >= 0.3 is 6.18 Å². The largest absolute Gasteiger partial charge is 0.433 e. The zero-order valence-electron chi connectivity index (χ0n) is 7.65. The fourth-order valence-corrected chi connectivity index (χ4v) is 1.04. The molecule has 0 spiro atoms. The predicted molar refractivity (Wildman–Crippen MR) is 42.0 cm³/mol. The molecule has 1 heterocycles. The first-order chi connectivity index (χ1) is 7.27. The summed E-state index contributed by atoms with van der Waals surface area (Å²) in [6.07, 6.45) is -8.27. The zero-order chi connectivity index (χ0) is 12.5. The third-order valence-electron chi connectivity index (χ3n) is 1.77. The van der Waals surface area contributed by atoms with Crippen LogP contribution in [-0.2, 0) is 12.7 Å². The maximum Gasteiger partial charge on any atom is 0.433 e. The monoisotopic (exact) mass is 244 g/mol. The Balaban J connectivity index is 3.40. The Bertz CT molecular complexity index is 387. The molecule has 1 rings (SSSR count). The fraction of sp³-hybridized carbons (Fsp3) is 0.375. The van der Waals surface area contributed by atoms with Gasteiger partial charge in [0.05, 0.1) is 11.3 Å². The van der Waals surface area contributed by atoms with E-state index in [1.54, 1.807) is 0 Å². The van der Waals surface area contributed by atoms with Crippen molar-refractivity contribution in [2.24, 2.45) is 5.73 Å². The number of halogens is 6. The molecule has 0 atom stereocenters. The molecule has 90 valence electrons. The van der Waals surface area contributed by atoms with Gasteiger partial charge in [-0.25, -0.2) is 18.2 Å². The van der Waals surface area contributed by atoms with Crippen LogP contribution in [0.25, 0.3) is 0 Å². The summed E-state index contributed by atoms with van der Waals surface area (Å²) in [6.45, 7) is -0.685. The summed E-state index contributed by atoms with van der Waals surface area (Å²) in [6, 6.07) is -0.0147. The highest BCUT2D eigenvalue weighted by Gasteiger charge is 2.35. The Morgan fingerprint density at radius 3 is 2.25 bits per heavy atom. The smallest absolute Gasteiger partial charge is 0.325 e. The van der Waals surface area contributed by atoms with Crippen molar-refractivity contribution in [3.05, 3.63) is 28.8 Å². The van der Waals surface area contributed by atoms with E-state index in [0.29, 0.717) is 0 Å². The van der Waals surface area contributed by atoms with Gasteiger partial charge in [0.1, 0.15) is 5.69 Å². The molecule has 0 saturated carbocycles. The standard InChI is InChI=1S/C8H6F6N2/c9-6-3(7(10)11)1-5(8(12,13)14)16-4(6)2-15/h1,7H,2,15H2. The van der Waals surface area contributed by atoms with Crippen LogP contribution in [0, 0.1) is 5.82 Å². The quantitative estimate of drug-likeness (QED) is 0.812. The lowest BCUT2D eigenvalue weighted by atomic mass is 10.1. The highest BCUT2D eigenvalue weighted by atomic mass is 19.4. The van der Waals surface area contributed by atoms with Gasteiger partial charge in [-0.1, -0.05) is 0 Å². The second-order valence-corrected chi connectivity index (χ2v) is 2.86. The molecule has 2 N–H and O–H groups in total. The Kier molecular flexibility index (Phi) is 3.41. The molecule has 1 aromatic rings. The molecule has 0 amide bonds. The third-order valence-corrected chi connectivity index (χ3v) is 1.77. The first kappa shape index (κ1) is 12.8. The number of hydrogen-bond donors (Lipinski definition) is 1. The van der Waals surface area contributed by atoms with Gasteiger partial charge in [0.15, 0.2) is 5.82 Å². The van der Waals surface area contributed by atoms with E-state index in [2.05, 4.69) is 4.98 Å². The topological polar surface area (TPSA) is 38.9 Å². The lowest BCUT2D eigenvalue weighted by Crippen LogP contribution is -2.15. The van der Waals surface area contributed by atoms with Gasteiger partial charge < -0.3 is 5.73 Å². The molecule has 0 unspecified atom stereocenters. The molecule has 0 saturated heterocycles. The molecule has 0 bridgehead atoms. The maximum absolute atomic E-state index is 13.1. The number of hydrogen-bond acceptors (Lipinski definition) is 2. The van der Waals surface area contributed by atoms with E-state index in [1.165, 1.54) is 0 Å². The Labute approximate surface area is 86.1 Å². The summed E-state index contributed by atoms with van der Waals surface area (Å²) < 4.78 is 74.2. The Morgan fingerprint density at radius 2 is 1.88 bits per heavy atom. The van der Waals surface area contributed by atoms with E-state index in [0.717, 1.165) is 0 Å². The van der Waals surface area contributed by atoms with Gasteiger partial charge in [0.25, 0.3) is 6.43 Å². The molecule has 0 aliphatic carbocycles. The van der Waals surface area contributed by atoms with Crippen LogP contribution in [0.2, 0.25) is 0 Å². The first-order valence-electron chi connectivity index (χ1n) is 4.02. The minimum absolute atomic E-state index is 0.0147. The van der Waals surface area contributed by atoms with Crippen molar-refractivity contribution in [3.63, 3.8) is 0 Å². The van der Waals surface area contributed by atoms with Crippen LogP contribution in [0.5, 0.6) is 0 Å². The summed E-state index contributed by atoms with van der Waals surface area (Å²) in [4.78, 5) is 2.85. The van der Waals surface area contributed by atoms with E-state index in [9.17, 15) is 26.3 Å². The highest BCUT2D eigenvalue weighted by molar-refractivity contribution is 5.26. The molecule has 0 radical (unpaired) electrons. The van der Waals surface area contributed by atoms with Crippen LogP contribution in [0.1, 0.15) is 23.4 Å². The normalized spacial score (nSPS) is 12.2. The van der Waals surface area contributed by atoms with E-state index < -0.39 is 41.9 Å². The van der Waals surface area contributed by atoms with Gasteiger partial charge in [-0.2, -0.15) is 13.2 Å². The number of nitrogens with two attached hydrogens (primary N) is 1. The summed E-state index contributed by atoms with van der Waals surface area (Å²) in [5.74, 6) is -1.49. The maximum atomic E-state index is 13.1. The molecular formula is C8H6F6N2. The fourth-order valence-electron chi connectivity index (χ4n) is 1.04. The average molecular weight is 244 g/mol. The van der Waals surface area contributed by atoms with Crippen molar-refractivity contribution in [1.82, 2.24) is 4.98 Å². The van der Waals surface area contributed by atoms with E-state index in [1.807, 2.05) is 0 Å². The van der Waals surface area contributed by atoms with Crippen LogP contribution in [0.15, 0.2) is 6.07 Å². The van der Waals surface area contributed by atoms with Gasteiger partial charge in [-0.15, -0.1) is 0 Å². The molecule has 0 aliphatic rings. The SMILES string of the molecule is NCc1nc(C(F)(F)F)cc(C(F)F)c1F. The summed E-state index contributed by atoms with van der Waals surface area (Å²) >= 11 is 0. The summed E-state index contributed by atoms with van der Waals surface area (Å²) in [7, 11) is 0. The number of alkyl halides is 5. The molecular weight excluding hydrogens is 238 g/mol. The number of rotatable bonds is 2. The third kappa shape index (κ3) is 2.43. The highest BCUT2D eigenvalue weighted by Crippen LogP contribution is 2.32. The Morgan fingerprint density at radius 1 is 1.31 bits per heavy atom. The summed E-state index contributed by atoms with van der Waals surface area (Å²) in [5.41, 5.74) is 1.16. The molecule has 0 fully saturated rings. The van der Waals surface area contributed by atoms with Crippen molar-refractivity contribution in [2.75, 3.05) is 0 Å². The molecule has 1 aromatic heterocycles. The number of aromatic nitrogens is 1. The lowest BCUT2D eigenvalue weighted by molar-refractivity contribution is -0.141. The zero-order valence-corrected chi connectivity index (χ0v) is 7.65. The van der Waals surface area contributed by atoms with Crippen molar-refractivity contribution < 1.29 is 26.3 Å². The second kappa shape index (κ2) is 4.28. The summed E-state index contributed by atoms with van der Waals surface area (Å²) in [5, 5.41) is 0. The van der Waals surface area contributed by atoms with Crippen molar-refractivity contribution in [1.29, 1.82) is 0 Å². The minimum Gasteiger partial charge on any atom is -0.325 e. The minimum atomic E-state index is -4.92. The van der Waals surface area contributed by atoms with E-state index in [4.69, 9.17) is 5.73 Å². The first-order valence-corrected chi connectivity index (χ1v) is 4.02. The van der Waals surface area contributed by atoms with E-state index in [-0.39, 0.29) is 6.07 Å². The molecule has 2 nitrogen and oxygen atoms in total. The molecule has 0 aliphatic heterocycles. The molecule has 0 aromatic carbocycles. The van der Waals surface area contributed by atoms with Gasteiger partial charge in [0.2, 0.25) is 0 Å². The second-order valence-electron chi connectivity index (χ2n) is 2.86. The van der Waals surface area contributed by atoms with Crippen LogP contribution in [0.4, 0.5) is 26.3 Å². The van der Waals surface area contributed by atoms with Crippen LogP contribution in [-0.4, -0.2) is 4.98 Å². The molecule has 16 heavy (non-hydrogen) atoms. The number of nitrogens with zero attached hydrogens (tertiary/aromatic N) is 1. The van der Waals surface area contributed by atoms with Crippen LogP contribution >= 0.6 is 0 Å². The van der Waals surface area contributed by atoms with Crippen molar-refractivity contribution in [2.45, 2.75) is 19.1 Å². The van der Waals surface area contributed by atoms with Crippen molar-refractivity contribution in [3.8, 4) is 0 Å². The van der Waals surface area contributed by atoms with Gasteiger partial charge in [0, 0.05) is 6.54 Å². The van der Waals surface area contributed by atoms with Crippen molar-refractivity contribution >= 4 is 0 Å². The average Bonchev–Trinajstić information content (AvgIpc) is 2.15. The lowest BCUT2D eigenvalue weighted by Gasteiger charge is -2.11. The molecule has 8 heteroatoms. The predicted octanol–water partition coefficient (Wildman–Crippen LogP) is 2.64.